The highest BCUT2D eigenvalue weighted by molar-refractivity contribution is 5.18. The van der Waals surface area contributed by atoms with Gasteiger partial charge in [0.05, 0.1) is 5.69 Å². The lowest BCUT2D eigenvalue weighted by atomic mass is 10.1. The van der Waals surface area contributed by atoms with Gasteiger partial charge in [-0.05, 0) is 18.1 Å². The first-order valence-corrected chi connectivity index (χ1v) is 3.62. The second kappa shape index (κ2) is 3.44. The maximum absolute atomic E-state index is 13.1. The van der Waals surface area contributed by atoms with Crippen LogP contribution in [-0.4, -0.2) is 4.98 Å². The third-order valence-electron chi connectivity index (χ3n) is 1.62. The van der Waals surface area contributed by atoms with Crippen LogP contribution in [0.25, 0.3) is 0 Å². The van der Waals surface area contributed by atoms with Gasteiger partial charge < -0.3 is 5.73 Å². The van der Waals surface area contributed by atoms with Gasteiger partial charge in [-0.25, -0.2) is 4.39 Å². The lowest BCUT2D eigenvalue weighted by Crippen LogP contribution is -2.04. The van der Waals surface area contributed by atoms with Crippen LogP contribution >= 0.6 is 0 Å². The number of rotatable bonds is 2. The van der Waals surface area contributed by atoms with E-state index in [1.165, 1.54) is 0 Å². The summed E-state index contributed by atoms with van der Waals surface area (Å²) >= 11 is 0. The second-order valence-electron chi connectivity index (χ2n) is 2.29. The molecule has 0 unspecified atom stereocenters. The molecule has 0 amide bonds. The predicted molar refractivity (Wildman–Crippen MR) is 41.5 cm³/mol. The van der Waals surface area contributed by atoms with Gasteiger partial charge >= 0.3 is 0 Å². The molecule has 0 spiro atoms. The van der Waals surface area contributed by atoms with Crippen LogP contribution < -0.4 is 5.73 Å². The van der Waals surface area contributed by atoms with Crippen LogP contribution in [0.4, 0.5) is 4.39 Å². The van der Waals surface area contributed by atoms with Gasteiger partial charge in [0.2, 0.25) is 0 Å². The molecule has 0 aliphatic carbocycles. The van der Waals surface area contributed by atoms with Crippen LogP contribution in [0, 0.1) is 5.82 Å². The zero-order valence-electron chi connectivity index (χ0n) is 6.47. The van der Waals surface area contributed by atoms with Gasteiger partial charge in [-0.15, -0.1) is 0 Å². The van der Waals surface area contributed by atoms with Gasteiger partial charge in [0, 0.05) is 12.7 Å². The maximum Gasteiger partial charge on any atom is 0.149 e. The van der Waals surface area contributed by atoms with Crippen molar-refractivity contribution in [1.29, 1.82) is 0 Å². The zero-order chi connectivity index (χ0) is 8.27. The Morgan fingerprint density at radius 3 is 2.91 bits per heavy atom. The molecule has 1 aromatic rings. The van der Waals surface area contributed by atoms with E-state index in [-0.39, 0.29) is 12.4 Å². The van der Waals surface area contributed by atoms with Crippen LogP contribution in [0.1, 0.15) is 18.2 Å². The number of nitrogens with zero attached hydrogens (tertiary/aromatic N) is 1. The molecule has 0 atom stereocenters. The molecule has 1 heterocycles. The molecular weight excluding hydrogens is 143 g/mol. The molecule has 0 aliphatic rings. The monoisotopic (exact) mass is 154 g/mol. The molecule has 0 bridgehead atoms. The molecule has 1 rings (SSSR count). The van der Waals surface area contributed by atoms with Crippen molar-refractivity contribution in [2.45, 2.75) is 19.9 Å². The van der Waals surface area contributed by atoms with Crippen molar-refractivity contribution < 1.29 is 4.39 Å². The van der Waals surface area contributed by atoms with Crippen molar-refractivity contribution in [3.8, 4) is 0 Å². The number of halogens is 1. The first-order chi connectivity index (χ1) is 5.29. The van der Waals surface area contributed by atoms with Gasteiger partial charge in [0.15, 0.2) is 0 Å². The SMILES string of the molecule is CCc1ccnc(CN)c1F. The number of hydrogen-bond acceptors (Lipinski definition) is 2. The molecule has 2 N–H and O–H groups in total. The highest BCUT2D eigenvalue weighted by Gasteiger charge is 2.04. The minimum absolute atomic E-state index is 0.166. The summed E-state index contributed by atoms with van der Waals surface area (Å²) in [5.41, 5.74) is 6.30. The highest BCUT2D eigenvalue weighted by atomic mass is 19.1. The Morgan fingerprint density at radius 1 is 1.64 bits per heavy atom. The molecule has 60 valence electrons. The number of aryl methyl sites for hydroxylation is 1. The van der Waals surface area contributed by atoms with E-state index in [1.54, 1.807) is 12.3 Å². The van der Waals surface area contributed by atoms with E-state index < -0.39 is 0 Å². The van der Waals surface area contributed by atoms with Crippen LogP contribution in [-0.2, 0) is 13.0 Å². The molecule has 11 heavy (non-hydrogen) atoms. The van der Waals surface area contributed by atoms with E-state index >= 15 is 0 Å². The Kier molecular flexibility index (Phi) is 2.54. The molecule has 0 saturated heterocycles. The average molecular weight is 154 g/mol. The fourth-order valence-corrected chi connectivity index (χ4v) is 0.948. The highest BCUT2D eigenvalue weighted by Crippen LogP contribution is 2.09. The molecule has 0 radical (unpaired) electrons. The number of nitrogens with two attached hydrogens (primary N) is 1. The van der Waals surface area contributed by atoms with E-state index in [9.17, 15) is 4.39 Å². The summed E-state index contributed by atoms with van der Waals surface area (Å²) in [7, 11) is 0. The van der Waals surface area contributed by atoms with E-state index in [0.717, 1.165) is 0 Å². The largest absolute Gasteiger partial charge is 0.325 e. The molecule has 0 aromatic carbocycles. The lowest BCUT2D eigenvalue weighted by molar-refractivity contribution is 0.585. The molecule has 1 aromatic heterocycles. The van der Waals surface area contributed by atoms with E-state index in [1.807, 2.05) is 6.92 Å². The third-order valence-corrected chi connectivity index (χ3v) is 1.62. The van der Waals surface area contributed by atoms with Crippen LogP contribution in [0.15, 0.2) is 12.3 Å². The molecule has 3 heteroatoms. The van der Waals surface area contributed by atoms with Crippen LogP contribution in [0.5, 0.6) is 0 Å². The maximum atomic E-state index is 13.1. The summed E-state index contributed by atoms with van der Waals surface area (Å²) in [5, 5.41) is 0. The topological polar surface area (TPSA) is 38.9 Å². The van der Waals surface area contributed by atoms with Crippen molar-refractivity contribution in [3.63, 3.8) is 0 Å². The Morgan fingerprint density at radius 2 is 2.36 bits per heavy atom. The fourth-order valence-electron chi connectivity index (χ4n) is 0.948. The Labute approximate surface area is 65.3 Å². The number of hydrogen-bond donors (Lipinski definition) is 1. The van der Waals surface area contributed by atoms with Gasteiger partial charge in [-0.2, -0.15) is 0 Å². The van der Waals surface area contributed by atoms with Crippen molar-refractivity contribution in [2.75, 3.05) is 0 Å². The quantitative estimate of drug-likeness (QED) is 0.696. The van der Waals surface area contributed by atoms with Crippen LogP contribution in [0.3, 0.4) is 0 Å². The number of aromatic nitrogens is 1. The van der Waals surface area contributed by atoms with Gasteiger partial charge in [-0.1, -0.05) is 6.92 Å². The van der Waals surface area contributed by atoms with E-state index in [4.69, 9.17) is 5.73 Å². The smallest absolute Gasteiger partial charge is 0.149 e. The summed E-state index contributed by atoms with van der Waals surface area (Å²) in [6.07, 6.45) is 2.27. The van der Waals surface area contributed by atoms with Crippen molar-refractivity contribution in [1.82, 2.24) is 4.98 Å². The average Bonchev–Trinajstić information content (AvgIpc) is 2.05. The van der Waals surface area contributed by atoms with Crippen molar-refractivity contribution >= 4 is 0 Å². The Bertz CT molecular complexity index is 226. The number of pyridine rings is 1. The summed E-state index contributed by atoms with van der Waals surface area (Å²) < 4.78 is 13.1. The Hall–Kier alpha value is -0.960. The summed E-state index contributed by atoms with van der Waals surface area (Å²) in [6.45, 7) is 2.07. The lowest BCUT2D eigenvalue weighted by Gasteiger charge is -2.02. The van der Waals surface area contributed by atoms with Gasteiger partial charge in [0.1, 0.15) is 5.82 Å². The summed E-state index contributed by atoms with van der Waals surface area (Å²) in [5.74, 6) is -0.252. The van der Waals surface area contributed by atoms with Crippen molar-refractivity contribution in [3.05, 3.63) is 29.3 Å². The van der Waals surface area contributed by atoms with Gasteiger partial charge in [0.25, 0.3) is 0 Å². The second-order valence-corrected chi connectivity index (χ2v) is 2.29. The zero-order valence-corrected chi connectivity index (χ0v) is 6.47. The van der Waals surface area contributed by atoms with E-state index in [0.29, 0.717) is 17.7 Å². The summed E-state index contributed by atoms with van der Waals surface area (Å²) in [4.78, 5) is 3.81. The minimum atomic E-state index is -0.252. The third kappa shape index (κ3) is 1.54. The first-order valence-electron chi connectivity index (χ1n) is 3.62. The standard InChI is InChI=1S/C8H11FN2/c1-2-6-3-4-11-7(5-10)8(6)9/h3-4H,2,5,10H2,1H3. The fraction of sp³-hybridized carbons (Fsp3) is 0.375. The van der Waals surface area contributed by atoms with E-state index in [2.05, 4.69) is 4.98 Å². The van der Waals surface area contributed by atoms with Crippen molar-refractivity contribution in [2.24, 2.45) is 5.73 Å². The molecule has 0 aliphatic heterocycles. The molecular formula is C8H11FN2. The predicted octanol–water partition coefficient (Wildman–Crippen LogP) is 1.24. The molecule has 0 fully saturated rings. The minimum Gasteiger partial charge on any atom is -0.325 e. The van der Waals surface area contributed by atoms with Gasteiger partial charge in [-0.3, -0.25) is 4.98 Å². The van der Waals surface area contributed by atoms with Crippen LogP contribution in [0.2, 0.25) is 0 Å². The Balaban J connectivity index is 3.10. The first kappa shape index (κ1) is 8.14. The molecule has 0 saturated carbocycles. The molecule has 2 nitrogen and oxygen atoms in total. The normalized spacial score (nSPS) is 10.1. The summed E-state index contributed by atoms with van der Waals surface area (Å²) in [6, 6.07) is 1.68.